The van der Waals surface area contributed by atoms with Gasteiger partial charge in [0.2, 0.25) is 0 Å². The summed E-state index contributed by atoms with van der Waals surface area (Å²) in [4.78, 5) is 1.37. The quantitative estimate of drug-likeness (QED) is 0.840. The minimum absolute atomic E-state index is 0.318. The molecule has 1 atom stereocenters. The van der Waals surface area contributed by atoms with E-state index < -0.39 is 0 Å². The van der Waals surface area contributed by atoms with Gasteiger partial charge in [0.25, 0.3) is 0 Å². The topological polar surface area (TPSA) is 24.1 Å². The number of nitrogens with one attached hydrogen (secondary N) is 2. The number of thioether (sulfide) groups is 1. The Morgan fingerprint density at radius 3 is 2.71 bits per heavy atom. The van der Waals surface area contributed by atoms with Crippen LogP contribution >= 0.6 is 24.0 Å². The Morgan fingerprint density at radius 1 is 1.10 bits per heavy atom. The summed E-state index contributed by atoms with van der Waals surface area (Å²) in [5.74, 6) is 1.13. The highest BCUT2D eigenvalue weighted by molar-refractivity contribution is 7.99. The summed E-state index contributed by atoms with van der Waals surface area (Å²) < 4.78 is 0. The van der Waals surface area contributed by atoms with Gasteiger partial charge in [-0.2, -0.15) is 0 Å². The molecule has 1 aliphatic heterocycles. The maximum Gasteiger partial charge on any atom is 0.167 e. The largest absolute Gasteiger partial charge is 0.359 e. The molecule has 4 heteroatoms. The highest BCUT2D eigenvalue weighted by Gasteiger charge is 2.20. The summed E-state index contributed by atoms with van der Waals surface area (Å²) in [6.07, 6.45) is 1.11. The van der Waals surface area contributed by atoms with Gasteiger partial charge in [-0.15, -0.1) is 11.8 Å². The molecule has 21 heavy (non-hydrogen) atoms. The molecular weight excluding hydrogens is 296 g/mol. The van der Waals surface area contributed by atoms with E-state index in [-0.39, 0.29) is 0 Å². The molecule has 0 saturated heterocycles. The van der Waals surface area contributed by atoms with E-state index in [2.05, 4.69) is 47.0 Å². The SMILES string of the molecule is S=C(NCc1ccccc1)N[C@H]1CCSc2ccccc21. The number of fused-ring (bicyclic) bond motifs is 1. The molecule has 0 bridgehead atoms. The molecule has 0 spiro atoms. The molecule has 0 aromatic heterocycles. The fraction of sp³-hybridized carbons (Fsp3) is 0.235. The van der Waals surface area contributed by atoms with Crippen LogP contribution in [0.3, 0.4) is 0 Å². The monoisotopic (exact) mass is 314 g/mol. The summed E-state index contributed by atoms with van der Waals surface area (Å²) in [5, 5.41) is 7.47. The average Bonchev–Trinajstić information content (AvgIpc) is 2.54. The predicted octanol–water partition coefficient (Wildman–Crippen LogP) is 3.89. The van der Waals surface area contributed by atoms with Gasteiger partial charge >= 0.3 is 0 Å². The number of rotatable bonds is 3. The van der Waals surface area contributed by atoms with E-state index in [1.807, 2.05) is 30.0 Å². The summed E-state index contributed by atoms with van der Waals surface area (Å²) in [7, 11) is 0. The lowest BCUT2D eigenvalue weighted by Crippen LogP contribution is -2.38. The van der Waals surface area contributed by atoms with Crippen LogP contribution in [0.2, 0.25) is 0 Å². The molecule has 0 saturated carbocycles. The standard InChI is InChI=1S/C17H18N2S2/c20-17(18-12-13-6-2-1-3-7-13)19-15-10-11-21-16-9-5-4-8-14(15)16/h1-9,15H,10-12H2,(H2,18,19,20)/t15-/m0/s1. The minimum atomic E-state index is 0.318. The van der Waals surface area contributed by atoms with Gasteiger partial charge in [0.1, 0.15) is 0 Å². The Balaban J connectivity index is 1.58. The van der Waals surface area contributed by atoms with Crippen molar-refractivity contribution in [1.29, 1.82) is 0 Å². The first-order chi connectivity index (χ1) is 10.3. The molecule has 0 aliphatic carbocycles. The molecule has 0 unspecified atom stereocenters. The van der Waals surface area contributed by atoms with Crippen LogP contribution in [0.1, 0.15) is 23.6 Å². The zero-order chi connectivity index (χ0) is 14.5. The number of hydrogen-bond acceptors (Lipinski definition) is 2. The van der Waals surface area contributed by atoms with Gasteiger partial charge in [0, 0.05) is 17.2 Å². The Kier molecular flexibility index (Phi) is 4.78. The van der Waals surface area contributed by atoms with Crippen molar-refractivity contribution in [2.75, 3.05) is 5.75 Å². The van der Waals surface area contributed by atoms with E-state index in [4.69, 9.17) is 12.2 Å². The highest BCUT2D eigenvalue weighted by atomic mass is 32.2. The van der Waals surface area contributed by atoms with Crippen LogP contribution in [0.15, 0.2) is 59.5 Å². The second-order valence-electron chi connectivity index (χ2n) is 5.04. The van der Waals surface area contributed by atoms with Gasteiger partial charge in [-0.05, 0) is 35.8 Å². The van der Waals surface area contributed by atoms with Crippen LogP contribution in [-0.4, -0.2) is 10.9 Å². The van der Waals surface area contributed by atoms with Gasteiger partial charge in [-0.3, -0.25) is 0 Å². The third kappa shape index (κ3) is 3.77. The fourth-order valence-electron chi connectivity index (χ4n) is 2.48. The maximum absolute atomic E-state index is 5.43. The smallest absolute Gasteiger partial charge is 0.167 e. The lowest BCUT2D eigenvalue weighted by atomic mass is 10.0. The normalized spacial score (nSPS) is 16.9. The molecule has 3 rings (SSSR count). The summed E-state index contributed by atoms with van der Waals surface area (Å²) >= 11 is 7.36. The third-order valence-electron chi connectivity index (χ3n) is 3.56. The summed E-state index contributed by atoms with van der Waals surface area (Å²) in [5.41, 5.74) is 2.60. The van der Waals surface area contributed by atoms with Crippen molar-refractivity contribution < 1.29 is 0 Å². The third-order valence-corrected chi connectivity index (χ3v) is 4.94. The Hall–Kier alpha value is -1.52. The Labute approximate surface area is 135 Å². The zero-order valence-corrected chi connectivity index (χ0v) is 13.3. The zero-order valence-electron chi connectivity index (χ0n) is 11.7. The second kappa shape index (κ2) is 6.96. The van der Waals surface area contributed by atoms with Crippen molar-refractivity contribution in [3.05, 3.63) is 65.7 Å². The van der Waals surface area contributed by atoms with E-state index in [0.717, 1.165) is 23.8 Å². The van der Waals surface area contributed by atoms with E-state index >= 15 is 0 Å². The molecule has 2 N–H and O–H groups in total. The van der Waals surface area contributed by atoms with Gasteiger partial charge < -0.3 is 10.6 Å². The molecule has 0 fully saturated rings. The van der Waals surface area contributed by atoms with Crippen LogP contribution in [0.25, 0.3) is 0 Å². The molecular formula is C17H18N2S2. The van der Waals surface area contributed by atoms with Crippen molar-refractivity contribution in [3.8, 4) is 0 Å². The molecule has 2 nitrogen and oxygen atoms in total. The van der Waals surface area contributed by atoms with Crippen LogP contribution in [0, 0.1) is 0 Å². The van der Waals surface area contributed by atoms with Gasteiger partial charge in [-0.25, -0.2) is 0 Å². The van der Waals surface area contributed by atoms with Crippen molar-refractivity contribution >= 4 is 29.1 Å². The lowest BCUT2D eigenvalue weighted by molar-refractivity contribution is 0.603. The highest BCUT2D eigenvalue weighted by Crippen LogP contribution is 2.35. The van der Waals surface area contributed by atoms with E-state index in [1.165, 1.54) is 16.0 Å². The van der Waals surface area contributed by atoms with Gasteiger partial charge in [-0.1, -0.05) is 48.5 Å². The second-order valence-corrected chi connectivity index (χ2v) is 6.59. The molecule has 1 aliphatic rings. The van der Waals surface area contributed by atoms with Crippen molar-refractivity contribution in [2.45, 2.75) is 23.9 Å². The van der Waals surface area contributed by atoms with E-state index in [1.54, 1.807) is 0 Å². The maximum atomic E-state index is 5.43. The first kappa shape index (κ1) is 14.4. The van der Waals surface area contributed by atoms with Gasteiger partial charge in [0.15, 0.2) is 5.11 Å². The van der Waals surface area contributed by atoms with Crippen molar-refractivity contribution in [2.24, 2.45) is 0 Å². The average molecular weight is 314 g/mol. The minimum Gasteiger partial charge on any atom is -0.359 e. The van der Waals surface area contributed by atoms with Crippen LogP contribution in [0.5, 0.6) is 0 Å². The van der Waals surface area contributed by atoms with Crippen LogP contribution in [0.4, 0.5) is 0 Å². The molecule has 1 heterocycles. The molecule has 0 amide bonds. The number of hydrogen-bond donors (Lipinski definition) is 2. The van der Waals surface area contributed by atoms with Crippen LogP contribution in [-0.2, 0) is 6.54 Å². The van der Waals surface area contributed by atoms with Crippen molar-refractivity contribution in [3.63, 3.8) is 0 Å². The number of thiocarbonyl (C=S) groups is 1. The van der Waals surface area contributed by atoms with E-state index in [9.17, 15) is 0 Å². The molecule has 2 aromatic carbocycles. The van der Waals surface area contributed by atoms with Gasteiger partial charge in [0.05, 0.1) is 6.04 Å². The lowest BCUT2D eigenvalue weighted by Gasteiger charge is -2.27. The first-order valence-corrected chi connectivity index (χ1v) is 8.52. The van der Waals surface area contributed by atoms with Crippen LogP contribution < -0.4 is 10.6 Å². The Morgan fingerprint density at radius 2 is 1.86 bits per heavy atom. The van der Waals surface area contributed by atoms with Crippen molar-refractivity contribution in [1.82, 2.24) is 10.6 Å². The summed E-state index contributed by atoms with van der Waals surface area (Å²) in [6.45, 7) is 0.760. The molecule has 0 radical (unpaired) electrons. The number of benzene rings is 2. The Bertz CT molecular complexity index is 613. The molecule has 2 aromatic rings. The summed E-state index contributed by atoms with van der Waals surface area (Å²) in [6, 6.07) is 19.2. The van der Waals surface area contributed by atoms with E-state index in [0.29, 0.717) is 6.04 Å². The molecule has 108 valence electrons. The predicted molar refractivity (Wildman–Crippen MR) is 93.5 cm³/mol. The first-order valence-electron chi connectivity index (χ1n) is 7.13. The fourth-order valence-corrected chi connectivity index (χ4v) is 3.82.